The zero-order valence-corrected chi connectivity index (χ0v) is 12.6. The van der Waals surface area contributed by atoms with E-state index < -0.39 is 0 Å². The monoisotopic (exact) mass is 307 g/mol. The van der Waals surface area contributed by atoms with Gasteiger partial charge in [-0.2, -0.15) is 4.37 Å². The van der Waals surface area contributed by atoms with Crippen molar-refractivity contribution >= 4 is 16.7 Å². The van der Waals surface area contributed by atoms with E-state index in [0.717, 1.165) is 28.6 Å². The minimum atomic E-state index is 0.426. The van der Waals surface area contributed by atoms with Crippen LogP contribution in [-0.2, 0) is 17.9 Å². The highest BCUT2D eigenvalue weighted by Gasteiger charge is 2.14. The first-order chi connectivity index (χ1) is 10.4. The van der Waals surface area contributed by atoms with E-state index in [1.54, 1.807) is 7.11 Å². The first-order valence-corrected chi connectivity index (χ1v) is 7.57. The number of anilines is 1. The standard InChI is InChI=1S/C14H17N3O3S/c1-18-9-12-16-14(21-17-12)15-8-10-4-2-5-11-13(10)20-7-3-6-19-11/h2,4-5H,3,6-9H2,1H3,(H,15,16,17). The number of para-hydroxylation sites is 1. The number of nitrogens with zero attached hydrogens (tertiary/aromatic N) is 2. The third-order valence-corrected chi connectivity index (χ3v) is 3.74. The predicted octanol–water partition coefficient (Wildman–Crippen LogP) is 2.46. The van der Waals surface area contributed by atoms with Gasteiger partial charge in [0.2, 0.25) is 5.13 Å². The molecule has 1 aliphatic rings. The van der Waals surface area contributed by atoms with E-state index in [-0.39, 0.29) is 0 Å². The Morgan fingerprint density at radius 1 is 1.33 bits per heavy atom. The summed E-state index contributed by atoms with van der Waals surface area (Å²) in [6, 6.07) is 5.93. The molecule has 0 aliphatic carbocycles. The molecule has 1 aromatic heterocycles. The Balaban J connectivity index is 1.69. The van der Waals surface area contributed by atoms with Crippen molar-refractivity contribution < 1.29 is 14.2 Å². The molecule has 7 heteroatoms. The van der Waals surface area contributed by atoms with Gasteiger partial charge >= 0.3 is 0 Å². The molecular formula is C14H17N3O3S. The minimum Gasteiger partial charge on any atom is -0.490 e. The van der Waals surface area contributed by atoms with Crippen LogP contribution < -0.4 is 14.8 Å². The summed E-state index contributed by atoms with van der Waals surface area (Å²) < 4.78 is 20.7. The molecule has 6 nitrogen and oxygen atoms in total. The summed E-state index contributed by atoms with van der Waals surface area (Å²) in [6.07, 6.45) is 0.901. The lowest BCUT2D eigenvalue weighted by atomic mass is 10.2. The minimum absolute atomic E-state index is 0.426. The molecule has 0 fully saturated rings. The van der Waals surface area contributed by atoms with Crippen LogP contribution in [0.2, 0.25) is 0 Å². The molecule has 0 unspecified atom stereocenters. The smallest absolute Gasteiger partial charge is 0.202 e. The van der Waals surface area contributed by atoms with Gasteiger partial charge in [-0.1, -0.05) is 12.1 Å². The fourth-order valence-corrected chi connectivity index (χ4v) is 2.65. The average molecular weight is 307 g/mol. The Bertz CT molecular complexity index is 603. The van der Waals surface area contributed by atoms with Gasteiger partial charge in [0.1, 0.15) is 6.61 Å². The Kier molecular flexibility index (Phi) is 4.52. The molecule has 112 valence electrons. The summed E-state index contributed by atoms with van der Waals surface area (Å²) in [6.45, 7) is 2.42. The van der Waals surface area contributed by atoms with E-state index in [2.05, 4.69) is 14.7 Å². The molecule has 0 saturated heterocycles. The van der Waals surface area contributed by atoms with Crippen molar-refractivity contribution in [2.45, 2.75) is 19.6 Å². The molecule has 0 bridgehead atoms. The third kappa shape index (κ3) is 3.43. The highest BCUT2D eigenvalue weighted by molar-refractivity contribution is 7.09. The molecule has 1 N–H and O–H groups in total. The molecule has 1 aromatic carbocycles. The zero-order chi connectivity index (χ0) is 14.5. The first kappa shape index (κ1) is 14.1. The third-order valence-electron chi connectivity index (χ3n) is 3.02. The number of benzene rings is 1. The number of fused-ring (bicyclic) bond motifs is 1. The molecule has 0 saturated carbocycles. The lowest BCUT2D eigenvalue weighted by molar-refractivity contribution is 0.179. The fraction of sp³-hybridized carbons (Fsp3) is 0.429. The van der Waals surface area contributed by atoms with Crippen molar-refractivity contribution in [2.75, 3.05) is 25.6 Å². The van der Waals surface area contributed by atoms with E-state index in [9.17, 15) is 0 Å². The van der Waals surface area contributed by atoms with Crippen LogP contribution in [0.3, 0.4) is 0 Å². The Morgan fingerprint density at radius 3 is 3.14 bits per heavy atom. The van der Waals surface area contributed by atoms with Crippen LogP contribution in [0.1, 0.15) is 17.8 Å². The summed E-state index contributed by atoms with van der Waals surface area (Å²) >= 11 is 1.33. The van der Waals surface area contributed by atoms with Crippen molar-refractivity contribution in [1.82, 2.24) is 9.36 Å². The van der Waals surface area contributed by atoms with Gasteiger partial charge in [0.05, 0.1) is 13.2 Å². The van der Waals surface area contributed by atoms with Crippen LogP contribution in [0.4, 0.5) is 5.13 Å². The van der Waals surface area contributed by atoms with Crippen molar-refractivity contribution in [3.8, 4) is 11.5 Å². The van der Waals surface area contributed by atoms with Crippen LogP contribution in [0, 0.1) is 0 Å². The number of nitrogens with one attached hydrogen (secondary N) is 1. The molecule has 2 heterocycles. The summed E-state index contributed by atoms with van der Waals surface area (Å²) in [7, 11) is 1.63. The number of aromatic nitrogens is 2. The molecule has 0 spiro atoms. The van der Waals surface area contributed by atoms with Gasteiger partial charge in [0, 0.05) is 37.2 Å². The van der Waals surface area contributed by atoms with Gasteiger partial charge in [0.25, 0.3) is 0 Å². The van der Waals surface area contributed by atoms with E-state index in [1.165, 1.54) is 11.5 Å². The van der Waals surface area contributed by atoms with Gasteiger partial charge in [-0.25, -0.2) is 4.98 Å². The first-order valence-electron chi connectivity index (χ1n) is 6.79. The summed E-state index contributed by atoms with van der Waals surface area (Å²) in [5.41, 5.74) is 1.05. The molecule has 21 heavy (non-hydrogen) atoms. The van der Waals surface area contributed by atoms with Gasteiger partial charge < -0.3 is 19.5 Å². The Morgan fingerprint density at radius 2 is 2.24 bits per heavy atom. The van der Waals surface area contributed by atoms with Gasteiger partial charge in [-0.05, 0) is 6.07 Å². The number of hydrogen-bond donors (Lipinski definition) is 1. The SMILES string of the molecule is COCc1nsc(NCc2cccc3c2OCCCO3)n1. The van der Waals surface area contributed by atoms with Crippen molar-refractivity contribution in [3.63, 3.8) is 0 Å². The maximum Gasteiger partial charge on any atom is 0.202 e. The second-order valence-corrected chi connectivity index (χ2v) is 5.35. The molecule has 3 rings (SSSR count). The molecule has 0 radical (unpaired) electrons. The molecule has 2 aromatic rings. The lowest BCUT2D eigenvalue weighted by Crippen LogP contribution is -2.03. The van der Waals surface area contributed by atoms with E-state index in [4.69, 9.17) is 14.2 Å². The second kappa shape index (κ2) is 6.73. The summed E-state index contributed by atoms with van der Waals surface area (Å²) in [5, 5.41) is 4.04. The van der Waals surface area contributed by atoms with E-state index in [0.29, 0.717) is 32.2 Å². The zero-order valence-electron chi connectivity index (χ0n) is 11.8. The van der Waals surface area contributed by atoms with Crippen LogP contribution in [0.15, 0.2) is 18.2 Å². The van der Waals surface area contributed by atoms with Crippen LogP contribution >= 0.6 is 11.5 Å². The van der Waals surface area contributed by atoms with Crippen LogP contribution in [-0.4, -0.2) is 29.7 Å². The number of rotatable bonds is 5. The predicted molar refractivity (Wildman–Crippen MR) is 80.0 cm³/mol. The fourth-order valence-electron chi connectivity index (χ4n) is 2.08. The molecule has 1 aliphatic heterocycles. The summed E-state index contributed by atoms with van der Waals surface area (Å²) in [4.78, 5) is 4.34. The Hall–Kier alpha value is -1.86. The molecule has 0 amide bonds. The summed E-state index contributed by atoms with van der Waals surface area (Å²) in [5.74, 6) is 2.32. The highest BCUT2D eigenvalue weighted by Crippen LogP contribution is 2.33. The van der Waals surface area contributed by atoms with Crippen LogP contribution in [0.5, 0.6) is 11.5 Å². The maximum atomic E-state index is 5.79. The normalized spacial score (nSPS) is 13.8. The van der Waals surface area contributed by atoms with Crippen molar-refractivity contribution in [3.05, 3.63) is 29.6 Å². The molecular weight excluding hydrogens is 290 g/mol. The highest BCUT2D eigenvalue weighted by atomic mass is 32.1. The second-order valence-electron chi connectivity index (χ2n) is 4.60. The maximum absolute atomic E-state index is 5.79. The topological polar surface area (TPSA) is 65.5 Å². The van der Waals surface area contributed by atoms with Gasteiger partial charge in [-0.15, -0.1) is 0 Å². The quantitative estimate of drug-likeness (QED) is 0.915. The lowest BCUT2D eigenvalue weighted by Gasteiger charge is -2.12. The number of ether oxygens (including phenoxy) is 3. The van der Waals surface area contributed by atoms with Gasteiger partial charge in [0.15, 0.2) is 17.3 Å². The van der Waals surface area contributed by atoms with E-state index >= 15 is 0 Å². The van der Waals surface area contributed by atoms with E-state index in [1.807, 2.05) is 18.2 Å². The van der Waals surface area contributed by atoms with Crippen LogP contribution in [0.25, 0.3) is 0 Å². The number of methoxy groups -OCH3 is 1. The molecule has 0 atom stereocenters. The Labute approximate surface area is 127 Å². The largest absolute Gasteiger partial charge is 0.490 e. The average Bonchev–Trinajstić information content (AvgIpc) is 2.80. The van der Waals surface area contributed by atoms with Gasteiger partial charge in [-0.3, -0.25) is 0 Å². The number of hydrogen-bond acceptors (Lipinski definition) is 7. The van der Waals surface area contributed by atoms with Crippen molar-refractivity contribution in [2.24, 2.45) is 0 Å². The van der Waals surface area contributed by atoms with Crippen molar-refractivity contribution in [1.29, 1.82) is 0 Å².